The molecule has 0 aromatic heterocycles. The quantitative estimate of drug-likeness (QED) is 0.715. The van der Waals surface area contributed by atoms with Crippen molar-refractivity contribution in [1.82, 2.24) is 0 Å². The topological polar surface area (TPSA) is 21.3 Å². The summed E-state index contributed by atoms with van der Waals surface area (Å²) in [6.07, 6.45) is -1.99. The lowest BCUT2D eigenvalue weighted by Gasteiger charge is -2.20. The molecule has 0 saturated heterocycles. The lowest BCUT2D eigenvalue weighted by atomic mass is 10.0. The molecule has 2 rings (SSSR count). The van der Waals surface area contributed by atoms with E-state index >= 15 is 0 Å². The molecule has 0 spiro atoms. The molecule has 2 aromatic carbocycles. The Balaban J connectivity index is 2.18. The third kappa shape index (κ3) is 4.52. The van der Waals surface area contributed by atoms with Crippen molar-refractivity contribution in [2.45, 2.75) is 18.6 Å². The van der Waals surface area contributed by atoms with E-state index in [0.717, 1.165) is 29.1 Å². The largest absolute Gasteiger partial charge is 0.497 e. The summed E-state index contributed by atoms with van der Waals surface area (Å²) in [4.78, 5) is 0. The molecule has 122 valence electrons. The van der Waals surface area contributed by atoms with Gasteiger partial charge in [-0.25, -0.2) is 0 Å². The fourth-order valence-corrected chi connectivity index (χ4v) is 2.24. The number of anilines is 1. The SMILES string of the molecule is C=CC[C@H](Nc1ccc(OC)cc1)c1ccc(C(F)(F)F)cc1. The molecule has 0 bridgehead atoms. The standard InChI is InChI=1S/C18H18F3NO/c1-3-4-17(22-15-9-11-16(23-2)12-10-15)13-5-7-14(8-6-13)18(19,20)21/h3,5-12,17,22H,1,4H2,2H3/t17-/m0/s1. The average molecular weight is 321 g/mol. The van der Waals surface area contributed by atoms with Gasteiger partial charge >= 0.3 is 6.18 Å². The van der Waals surface area contributed by atoms with Gasteiger partial charge in [-0.1, -0.05) is 18.2 Å². The molecule has 2 nitrogen and oxygen atoms in total. The zero-order valence-corrected chi connectivity index (χ0v) is 12.7. The minimum absolute atomic E-state index is 0.150. The molecule has 0 radical (unpaired) electrons. The summed E-state index contributed by atoms with van der Waals surface area (Å²) in [5, 5.41) is 3.30. The highest BCUT2D eigenvalue weighted by Gasteiger charge is 2.30. The third-order valence-corrected chi connectivity index (χ3v) is 3.47. The van der Waals surface area contributed by atoms with Crippen LogP contribution >= 0.6 is 0 Å². The van der Waals surface area contributed by atoms with Gasteiger partial charge in [0.05, 0.1) is 18.7 Å². The van der Waals surface area contributed by atoms with Crippen LogP contribution in [0.15, 0.2) is 61.2 Å². The molecule has 0 amide bonds. The molecule has 2 aromatic rings. The van der Waals surface area contributed by atoms with Crippen molar-refractivity contribution in [3.05, 3.63) is 72.3 Å². The zero-order chi connectivity index (χ0) is 16.9. The van der Waals surface area contributed by atoms with E-state index in [-0.39, 0.29) is 6.04 Å². The van der Waals surface area contributed by atoms with Gasteiger partial charge in [0.2, 0.25) is 0 Å². The summed E-state index contributed by atoms with van der Waals surface area (Å²) in [5.74, 6) is 0.741. The first kappa shape index (κ1) is 16.9. The van der Waals surface area contributed by atoms with Crippen LogP contribution in [0.5, 0.6) is 5.75 Å². The molecule has 0 saturated carbocycles. The number of halogens is 3. The van der Waals surface area contributed by atoms with E-state index < -0.39 is 11.7 Å². The molecule has 1 atom stereocenters. The normalized spacial score (nSPS) is 12.5. The number of ether oxygens (including phenoxy) is 1. The maximum absolute atomic E-state index is 12.6. The van der Waals surface area contributed by atoms with Crippen molar-refractivity contribution < 1.29 is 17.9 Å². The van der Waals surface area contributed by atoms with Crippen molar-refractivity contribution in [1.29, 1.82) is 0 Å². The predicted molar refractivity (Wildman–Crippen MR) is 85.6 cm³/mol. The van der Waals surface area contributed by atoms with Crippen LogP contribution in [0.3, 0.4) is 0 Å². The van der Waals surface area contributed by atoms with E-state index in [0.29, 0.717) is 6.42 Å². The number of alkyl halides is 3. The number of rotatable bonds is 6. The summed E-state index contributed by atoms with van der Waals surface area (Å²) >= 11 is 0. The lowest BCUT2D eigenvalue weighted by Crippen LogP contribution is -2.11. The summed E-state index contributed by atoms with van der Waals surface area (Å²) in [5.41, 5.74) is 0.981. The van der Waals surface area contributed by atoms with E-state index in [1.807, 2.05) is 24.3 Å². The zero-order valence-electron chi connectivity index (χ0n) is 12.7. The predicted octanol–water partition coefficient (Wildman–Crippen LogP) is 5.44. The van der Waals surface area contributed by atoms with Gasteiger partial charge < -0.3 is 10.1 Å². The van der Waals surface area contributed by atoms with Crippen LogP contribution < -0.4 is 10.1 Å². The van der Waals surface area contributed by atoms with Gasteiger partial charge in [0.15, 0.2) is 0 Å². The Morgan fingerprint density at radius 2 is 1.70 bits per heavy atom. The van der Waals surface area contributed by atoms with Gasteiger partial charge in [-0.05, 0) is 48.4 Å². The molecule has 0 aliphatic carbocycles. The van der Waals surface area contributed by atoms with Gasteiger partial charge in [-0.2, -0.15) is 13.2 Å². The second kappa shape index (κ2) is 7.22. The highest BCUT2D eigenvalue weighted by Crippen LogP contribution is 2.31. The highest BCUT2D eigenvalue weighted by atomic mass is 19.4. The van der Waals surface area contributed by atoms with Gasteiger partial charge in [-0.3, -0.25) is 0 Å². The summed E-state index contributed by atoms with van der Waals surface area (Å²) in [6, 6.07) is 12.4. The highest BCUT2D eigenvalue weighted by molar-refractivity contribution is 5.48. The van der Waals surface area contributed by atoms with Crippen molar-refractivity contribution in [2.24, 2.45) is 0 Å². The molecule has 5 heteroatoms. The van der Waals surface area contributed by atoms with Crippen molar-refractivity contribution in [3.63, 3.8) is 0 Å². The summed E-state index contributed by atoms with van der Waals surface area (Å²) in [6.45, 7) is 3.71. The first-order valence-corrected chi connectivity index (χ1v) is 7.12. The number of hydrogen-bond donors (Lipinski definition) is 1. The van der Waals surface area contributed by atoms with Crippen LogP contribution in [0, 0.1) is 0 Å². The Hall–Kier alpha value is -2.43. The van der Waals surface area contributed by atoms with E-state index in [4.69, 9.17) is 4.74 Å². The molecule has 0 unspecified atom stereocenters. The smallest absolute Gasteiger partial charge is 0.416 e. The number of methoxy groups -OCH3 is 1. The van der Waals surface area contributed by atoms with Crippen LogP contribution in [0.25, 0.3) is 0 Å². The van der Waals surface area contributed by atoms with Crippen molar-refractivity contribution in [2.75, 3.05) is 12.4 Å². The van der Waals surface area contributed by atoms with Gasteiger partial charge in [0.1, 0.15) is 5.75 Å². The van der Waals surface area contributed by atoms with Crippen LogP contribution in [-0.2, 0) is 6.18 Å². The van der Waals surface area contributed by atoms with Crippen molar-refractivity contribution >= 4 is 5.69 Å². The molecule has 0 aliphatic heterocycles. The minimum atomic E-state index is -4.32. The van der Waals surface area contributed by atoms with Crippen LogP contribution in [-0.4, -0.2) is 7.11 Å². The Kier molecular flexibility index (Phi) is 5.32. The maximum Gasteiger partial charge on any atom is 0.416 e. The molecule has 0 aliphatic rings. The molecule has 23 heavy (non-hydrogen) atoms. The molecule has 0 heterocycles. The third-order valence-electron chi connectivity index (χ3n) is 3.47. The summed E-state index contributed by atoms with van der Waals surface area (Å²) in [7, 11) is 1.59. The second-order valence-corrected chi connectivity index (χ2v) is 5.07. The molecular weight excluding hydrogens is 303 g/mol. The Bertz CT molecular complexity index is 633. The van der Waals surface area contributed by atoms with Gasteiger partial charge in [0, 0.05) is 5.69 Å². The fourth-order valence-electron chi connectivity index (χ4n) is 2.24. The molecule has 1 N–H and O–H groups in total. The number of hydrogen-bond acceptors (Lipinski definition) is 2. The van der Waals surface area contributed by atoms with E-state index in [2.05, 4.69) is 11.9 Å². The maximum atomic E-state index is 12.6. The first-order chi connectivity index (χ1) is 10.9. The van der Waals surface area contributed by atoms with Crippen LogP contribution in [0.1, 0.15) is 23.6 Å². The Morgan fingerprint density at radius 3 is 2.17 bits per heavy atom. The summed E-state index contributed by atoms with van der Waals surface area (Å²) < 4.78 is 43.0. The monoisotopic (exact) mass is 321 g/mol. The van der Waals surface area contributed by atoms with Crippen molar-refractivity contribution in [3.8, 4) is 5.75 Å². The molecule has 0 fully saturated rings. The number of nitrogens with one attached hydrogen (secondary N) is 1. The van der Waals surface area contributed by atoms with Crippen LogP contribution in [0.2, 0.25) is 0 Å². The fraction of sp³-hybridized carbons (Fsp3) is 0.222. The van der Waals surface area contributed by atoms with E-state index in [1.54, 1.807) is 13.2 Å². The van der Waals surface area contributed by atoms with Gasteiger partial charge in [-0.15, -0.1) is 6.58 Å². The first-order valence-electron chi connectivity index (χ1n) is 7.12. The van der Waals surface area contributed by atoms with E-state index in [9.17, 15) is 13.2 Å². The minimum Gasteiger partial charge on any atom is -0.497 e. The lowest BCUT2D eigenvalue weighted by molar-refractivity contribution is -0.137. The second-order valence-electron chi connectivity index (χ2n) is 5.07. The number of benzene rings is 2. The van der Waals surface area contributed by atoms with Gasteiger partial charge in [0.25, 0.3) is 0 Å². The van der Waals surface area contributed by atoms with Crippen LogP contribution in [0.4, 0.5) is 18.9 Å². The van der Waals surface area contributed by atoms with E-state index in [1.165, 1.54) is 12.1 Å². The Labute approximate surface area is 133 Å². The average Bonchev–Trinajstić information content (AvgIpc) is 2.54. The Morgan fingerprint density at radius 1 is 1.09 bits per heavy atom. The molecular formula is C18H18F3NO.